The lowest BCUT2D eigenvalue weighted by atomic mass is 9.93. The molecular formula is C20H28ClNO3S. The number of anilines is 1. The highest BCUT2D eigenvalue weighted by atomic mass is 35.5. The Balaban J connectivity index is 0.000000663. The van der Waals surface area contributed by atoms with Crippen molar-refractivity contribution in [3.63, 3.8) is 0 Å². The average molecular weight is 398 g/mol. The number of carboxylic acid groups (broad SMARTS) is 1. The maximum atomic E-state index is 8.52. The standard InChI is InChI=1S/C15H16ClNS.C4H10O.CH2O2/c1-3-12-9(2)8-13(17)15(18)14(12)10-4-6-11(16)7-5-10;1-4(2,3)5;2-1-3/h4-8,18H,3,17H2,1-2H3;5H,1-3H3;1H,(H,2,3). The van der Waals surface area contributed by atoms with Crippen LogP contribution in [0, 0.1) is 6.92 Å². The molecule has 0 atom stereocenters. The molecule has 0 heterocycles. The molecular weight excluding hydrogens is 370 g/mol. The second-order valence-corrected chi connectivity index (χ2v) is 7.51. The molecule has 4 N–H and O–H groups in total. The Kier molecular flexibility index (Phi) is 10.4. The molecule has 0 radical (unpaired) electrons. The first-order chi connectivity index (χ1) is 12.0. The van der Waals surface area contributed by atoms with Crippen molar-refractivity contribution in [2.75, 3.05) is 5.73 Å². The van der Waals surface area contributed by atoms with Crippen molar-refractivity contribution in [3.8, 4) is 11.1 Å². The van der Waals surface area contributed by atoms with E-state index in [-0.39, 0.29) is 6.47 Å². The first-order valence-corrected chi connectivity index (χ1v) is 8.95. The van der Waals surface area contributed by atoms with Gasteiger partial charge >= 0.3 is 0 Å². The van der Waals surface area contributed by atoms with E-state index in [1.54, 1.807) is 20.8 Å². The van der Waals surface area contributed by atoms with E-state index in [1.807, 2.05) is 30.3 Å². The van der Waals surface area contributed by atoms with Gasteiger partial charge in [0.2, 0.25) is 0 Å². The van der Waals surface area contributed by atoms with E-state index in [4.69, 9.17) is 32.3 Å². The number of aliphatic hydroxyl groups is 1. The topological polar surface area (TPSA) is 83.5 Å². The quantitative estimate of drug-likeness (QED) is 0.317. The van der Waals surface area contributed by atoms with Crippen LogP contribution in [-0.2, 0) is 11.2 Å². The highest BCUT2D eigenvalue weighted by Gasteiger charge is 2.13. The maximum absolute atomic E-state index is 8.52. The molecule has 2 aromatic rings. The van der Waals surface area contributed by atoms with Gasteiger partial charge in [-0.15, -0.1) is 12.6 Å². The molecule has 0 unspecified atom stereocenters. The summed E-state index contributed by atoms with van der Waals surface area (Å²) < 4.78 is 0. The van der Waals surface area contributed by atoms with Crippen LogP contribution >= 0.6 is 24.2 Å². The van der Waals surface area contributed by atoms with Crippen molar-refractivity contribution in [1.29, 1.82) is 0 Å². The van der Waals surface area contributed by atoms with E-state index >= 15 is 0 Å². The zero-order valence-electron chi connectivity index (χ0n) is 15.9. The minimum atomic E-state index is -0.500. The molecule has 0 aromatic heterocycles. The van der Waals surface area contributed by atoms with Gasteiger partial charge in [0.1, 0.15) is 0 Å². The van der Waals surface area contributed by atoms with Gasteiger partial charge in [0.15, 0.2) is 0 Å². The highest BCUT2D eigenvalue weighted by Crippen LogP contribution is 2.37. The van der Waals surface area contributed by atoms with Crippen LogP contribution in [0.2, 0.25) is 5.02 Å². The maximum Gasteiger partial charge on any atom is 0.290 e. The van der Waals surface area contributed by atoms with Crippen molar-refractivity contribution >= 4 is 36.4 Å². The number of halogens is 1. The number of aryl methyl sites for hydroxylation is 1. The molecule has 26 heavy (non-hydrogen) atoms. The van der Waals surface area contributed by atoms with Crippen LogP contribution in [0.4, 0.5) is 5.69 Å². The zero-order valence-corrected chi connectivity index (χ0v) is 17.5. The Morgan fingerprint density at radius 2 is 1.65 bits per heavy atom. The molecule has 2 rings (SSSR count). The molecule has 6 heteroatoms. The van der Waals surface area contributed by atoms with Crippen LogP contribution in [0.1, 0.15) is 38.8 Å². The molecule has 0 aliphatic heterocycles. The van der Waals surface area contributed by atoms with Gasteiger partial charge in [-0.3, -0.25) is 4.79 Å². The molecule has 2 aromatic carbocycles. The van der Waals surface area contributed by atoms with Crippen molar-refractivity contribution in [2.45, 2.75) is 51.5 Å². The van der Waals surface area contributed by atoms with E-state index in [0.717, 1.165) is 33.2 Å². The number of hydrogen-bond acceptors (Lipinski definition) is 4. The molecule has 144 valence electrons. The van der Waals surface area contributed by atoms with Crippen LogP contribution in [0.5, 0.6) is 0 Å². The lowest BCUT2D eigenvalue weighted by Gasteiger charge is -2.16. The van der Waals surface area contributed by atoms with Crippen molar-refractivity contribution in [1.82, 2.24) is 0 Å². The van der Waals surface area contributed by atoms with Crippen molar-refractivity contribution in [3.05, 3.63) is 46.5 Å². The predicted molar refractivity (Wildman–Crippen MR) is 113 cm³/mol. The summed E-state index contributed by atoms with van der Waals surface area (Å²) in [5, 5.41) is 16.1. The molecule has 0 aliphatic carbocycles. The summed E-state index contributed by atoms with van der Waals surface area (Å²) in [6, 6.07) is 9.79. The lowest BCUT2D eigenvalue weighted by Crippen LogP contribution is -2.10. The van der Waals surface area contributed by atoms with Gasteiger partial charge in [0.05, 0.1) is 5.60 Å². The van der Waals surface area contributed by atoms with Gasteiger partial charge < -0.3 is 15.9 Å². The van der Waals surface area contributed by atoms with Gasteiger partial charge in [0, 0.05) is 21.2 Å². The van der Waals surface area contributed by atoms with Crippen molar-refractivity contribution in [2.24, 2.45) is 0 Å². The predicted octanol–water partition coefficient (Wildman–Crippen LogP) is 5.23. The molecule has 0 saturated carbocycles. The Hall–Kier alpha value is -1.69. The number of benzene rings is 2. The van der Waals surface area contributed by atoms with E-state index in [2.05, 4.69) is 26.5 Å². The van der Waals surface area contributed by atoms with Gasteiger partial charge in [-0.1, -0.05) is 30.7 Å². The first-order valence-electron chi connectivity index (χ1n) is 8.13. The van der Waals surface area contributed by atoms with E-state index in [0.29, 0.717) is 0 Å². The summed E-state index contributed by atoms with van der Waals surface area (Å²) in [4.78, 5) is 9.21. The fourth-order valence-corrected chi connectivity index (χ4v) is 2.71. The third-order valence-electron chi connectivity index (χ3n) is 3.15. The normalized spacial score (nSPS) is 10.2. The van der Waals surface area contributed by atoms with Crippen LogP contribution in [0.3, 0.4) is 0 Å². The summed E-state index contributed by atoms with van der Waals surface area (Å²) in [6.45, 7) is 9.21. The SMILES string of the molecule is CC(C)(C)O.CCc1c(C)cc(N)c(S)c1-c1ccc(Cl)cc1.O=CO. The largest absolute Gasteiger partial charge is 0.483 e. The van der Waals surface area contributed by atoms with Crippen LogP contribution in [-0.4, -0.2) is 22.3 Å². The van der Waals surface area contributed by atoms with Crippen molar-refractivity contribution < 1.29 is 15.0 Å². The number of carbonyl (C=O) groups is 1. The molecule has 0 spiro atoms. The van der Waals surface area contributed by atoms with Crippen LogP contribution in [0.15, 0.2) is 35.2 Å². The highest BCUT2D eigenvalue weighted by molar-refractivity contribution is 7.80. The van der Waals surface area contributed by atoms with Crippen LogP contribution < -0.4 is 5.73 Å². The number of nitrogen functional groups attached to an aromatic ring is 1. The Bertz CT molecular complexity index is 704. The molecule has 0 aliphatic rings. The molecule has 0 bridgehead atoms. The fourth-order valence-electron chi connectivity index (χ4n) is 2.26. The monoisotopic (exact) mass is 397 g/mol. The summed E-state index contributed by atoms with van der Waals surface area (Å²) >= 11 is 10.5. The Morgan fingerprint density at radius 1 is 1.23 bits per heavy atom. The van der Waals surface area contributed by atoms with E-state index in [1.165, 1.54) is 11.1 Å². The van der Waals surface area contributed by atoms with E-state index in [9.17, 15) is 0 Å². The van der Waals surface area contributed by atoms with Gasteiger partial charge in [-0.2, -0.15) is 0 Å². The number of thiol groups is 1. The third kappa shape index (κ3) is 8.61. The zero-order chi connectivity index (χ0) is 20.5. The molecule has 0 fully saturated rings. The smallest absolute Gasteiger partial charge is 0.290 e. The molecule has 4 nitrogen and oxygen atoms in total. The number of hydrogen-bond donors (Lipinski definition) is 4. The molecule has 0 saturated heterocycles. The Labute approximate surface area is 166 Å². The molecule has 0 amide bonds. The average Bonchev–Trinajstić information content (AvgIpc) is 2.51. The van der Waals surface area contributed by atoms with Gasteiger partial charge in [-0.25, -0.2) is 0 Å². The fraction of sp³-hybridized carbons (Fsp3) is 0.350. The Morgan fingerprint density at radius 3 is 2.04 bits per heavy atom. The minimum absolute atomic E-state index is 0.250. The number of rotatable bonds is 2. The minimum Gasteiger partial charge on any atom is -0.483 e. The summed E-state index contributed by atoms with van der Waals surface area (Å²) in [6.07, 6.45) is 0.956. The van der Waals surface area contributed by atoms with Crippen LogP contribution in [0.25, 0.3) is 11.1 Å². The summed E-state index contributed by atoms with van der Waals surface area (Å²) in [7, 11) is 0. The third-order valence-corrected chi connectivity index (χ3v) is 3.88. The van der Waals surface area contributed by atoms with Gasteiger partial charge in [-0.05, 0) is 69.0 Å². The second kappa shape index (κ2) is 11.1. The lowest BCUT2D eigenvalue weighted by molar-refractivity contribution is -0.122. The van der Waals surface area contributed by atoms with E-state index < -0.39 is 5.60 Å². The summed E-state index contributed by atoms with van der Waals surface area (Å²) in [5.41, 5.74) is 11.0. The van der Waals surface area contributed by atoms with Gasteiger partial charge in [0.25, 0.3) is 6.47 Å². The second-order valence-electron chi connectivity index (χ2n) is 6.62. The number of nitrogens with two attached hydrogens (primary N) is 1. The summed E-state index contributed by atoms with van der Waals surface area (Å²) in [5.74, 6) is 0. The first kappa shape index (κ1) is 24.3.